The number of furan rings is 1. The van der Waals surface area contributed by atoms with Crippen molar-refractivity contribution < 1.29 is 32.9 Å². The van der Waals surface area contributed by atoms with Crippen LogP contribution in [0.25, 0.3) is 11.3 Å². The average molecular weight is 498 g/mol. The monoisotopic (exact) mass is 498 g/mol. The molecule has 11 heteroatoms. The maximum atomic E-state index is 12.4. The average Bonchev–Trinajstić information content (AvgIpc) is 3.68. The van der Waals surface area contributed by atoms with Crippen LogP contribution in [-0.2, 0) is 0 Å². The van der Waals surface area contributed by atoms with E-state index >= 15 is 0 Å². The second kappa shape index (κ2) is 8.69. The molecule has 0 aliphatic carbocycles. The van der Waals surface area contributed by atoms with E-state index in [2.05, 4.69) is 16.3 Å². The Morgan fingerprint density at radius 2 is 2.03 bits per heavy atom. The molecule has 37 heavy (non-hydrogen) atoms. The molecule has 0 radical (unpaired) electrons. The molecule has 6 rings (SSSR count). The largest absolute Gasteiger partial charge is 0.493 e. The minimum Gasteiger partial charge on any atom is -0.493 e. The first-order chi connectivity index (χ1) is 18.1. The maximum absolute atomic E-state index is 12.4. The Morgan fingerprint density at radius 3 is 2.81 bits per heavy atom. The fourth-order valence-corrected chi connectivity index (χ4v) is 4.34. The summed E-state index contributed by atoms with van der Waals surface area (Å²) in [5, 5.41) is 17.3. The zero-order valence-electron chi connectivity index (χ0n) is 19.3. The number of fused-ring (bicyclic) bond motifs is 2. The molecule has 1 unspecified atom stereocenters. The number of nitriles is 1. The molecular weight excluding hydrogens is 480 g/mol. The second-order valence-electron chi connectivity index (χ2n) is 8.09. The number of carbonyl (C=O) groups is 1. The fraction of sp³-hybridized carbons (Fsp3) is 0.115. The second-order valence-corrected chi connectivity index (χ2v) is 8.09. The predicted octanol–water partition coefficient (Wildman–Crippen LogP) is 3.84. The number of ether oxygens (including phenoxy) is 5. The number of allylic oxidation sites excluding steroid dienone is 1. The first-order valence-electron chi connectivity index (χ1n) is 11.1. The Balaban J connectivity index is 1.43. The van der Waals surface area contributed by atoms with E-state index in [0.29, 0.717) is 28.3 Å². The summed E-state index contributed by atoms with van der Waals surface area (Å²) in [7, 11) is 1.45. The number of H-pyrrole nitrogens is 1. The summed E-state index contributed by atoms with van der Waals surface area (Å²) in [6.07, 6.45) is 1.38. The van der Waals surface area contributed by atoms with Crippen LogP contribution in [0.3, 0.4) is 0 Å². The molecule has 0 saturated heterocycles. The molecule has 0 spiro atoms. The van der Waals surface area contributed by atoms with Crippen molar-refractivity contribution in [1.82, 2.24) is 10.2 Å². The lowest BCUT2D eigenvalue weighted by Crippen LogP contribution is -2.21. The van der Waals surface area contributed by atoms with Gasteiger partial charge in [0, 0.05) is 5.56 Å². The van der Waals surface area contributed by atoms with Gasteiger partial charge >= 0.3 is 5.97 Å². The number of nitrogens with one attached hydrogen (secondary N) is 1. The summed E-state index contributed by atoms with van der Waals surface area (Å²) >= 11 is 0. The molecule has 2 aromatic heterocycles. The van der Waals surface area contributed by atoms with Gasteiger partial charge in [-0.3, -0.25) is 5.10 Å². The van der Waals surface area contributed by atoms with E-state index in [9.17, 15) is 10.1 Å². The van der Waals surface area contributed by atoms with E-state index < -0.39 is 11.9 Å². The number of benzene rings is 2. The highest BCUT2D eigenvalue weighted by molar-refractivity contribution is 5.88. The van der Waals surface area contributed by atoms with Crippen LogP contribution in [0.15, 0.2) is 70.7 Å². The molecular formula is C26H18N4O7. The predicted molar refractivity (Wildman–Crippen MR) is 126 cm³/mol. The van der Waals surface area contributed by atoms with Crippen molar-refractivity contribution in [1.29, 1.82) is 5.26 Å². The number of aromatic nitrogens is 2. The van der Waals surface area contributed by atoms with Gasteiger partial charge in [-0.25, -0.2) is 4.79 Å². The number of esters is 1. The summed E-state index contributed by atoms with van der Waals surface area (Å²) in [5.41, 5.74) is 8.91. The zero-order valence-corrected chi connectivity index (χ0v) is 19.3. The number of carbonyl (C=O) groups excluding carboxylic acids is 1. The van der Waals surface area contributed by atoms with Crippen LogP contribution < -0.4 is 29.4 Å². The summed E-state index contributed by atoms with van der Waals surface area (Å²) in [5.74, 6) is 0.577. The topological polar surface area (TPSA) is 155 Å². The van der Waals surface area contributed by atoms with Crippen molar-refractivity contribution in [2.75, 3.05) is 13.9 Å². The minimum atomic E-state index is -0.675. The highest BCUT2D eigenvalue weighted by Gasteiger charge is 2.36. The van der Waals surface area contributed by atoms with Crippen LogP contribution in [0.1, 0.15) is 27.6 Å². The summed E-state index contributed by atoms with van der Waals surface area (Å²) < 4.78 is 32.7. The third-order valence-corrected chi connectivity index (χ3v) is 6.05. The SMILES string of the molecule is COc1cc(C2C(C#N)=C(N)Oc3n[nH]c(-c4ccc5c(c4)OCO5)c32)ccc1OC(=O)c1ccco1. The highest BCUT2D eigenvalue weighted by atomic mass is 16.7. The third kappa shape index (κ3) is 3.68. The normalized spacial score (nSPS) is 15.5. The molecule has 11 nitrogen and oxygen atoms in total. The van der Waals surface area contributed by atoms with Gasteiger partial charge in [-0.15, -0.1) is 5.10 Å². The van der Waals surface area contributed by atoms with Crippen molar-refractivity contribution in [3.8, 4) is 46.2 Å². The molecule has 0 saturated carbocycles. The van der Waals surface area contributed by atoms with E-state index in [0.717, 1.165) is 5.56 Å². The van der Waals surface area contributed by atoms with Gasteiger partial charge in [-0.1, -0.05) is 6.07 Å². The molecule has 1 atom stereocenters. The smallest absolute Gasteiger partial charge is 0.379 e. The third-order valence-electron chi connectivity index (χ3n) is 6.05. The van der Waals surface area contributed by atoms with Gasteiger partial charge < -0.3 is 33.8 Å². The Hall–Kier alpha value is -5.37. The number of aromatic amines is 1. The number of hydrogen-bond acceptors (Lipinski definition) is 10. The summed E-state index contributed by atoms with van der Waals surface area (Å²) in [4.78, 5) is 12.4. The number of nitrogens with two attached hydrogens (primary N) is 1. The molecule has 3 N–H and O–H groups in total. The molecule has 2 aliphatic rings. The molecule has 4 heterocycles. The summed E-state index contributed by atoms with van der Waals surface area (Å²) in [6, 6.07) is 15.7. The summed E-state index contributed by atoms with van der Waals surface area (Å²) in [6.45, 7) is 0.139. The molecule has 2 aromatic carbocycles. The van der Waals surface area contributed by atoms with E-state index in [4.69, 9.17) is 33.8 Å². The quantitative estimate of drug-likeness (QED) is 0.306. The lowest BCUT2D eigenvalue weighted by atomic mass is 9.83. The van der Waals surface area contributed by atoms with Gasteiger partial charge in [0.1, 0.15) is 11.6 Å². The molecule has 0 fully saturated rings. The fourth-order valence-electron chi connectivity index (χ4n) is 4.34. The Bertz CT molecular complexity index is 1600. The minimum absolute atomic E-state index is 0.0504. The Labute approximate surface area is 209 Å². The van der Waals surface area contributed by atoms with Crippen molar-refractivity contribution in [3.63, 3.8) is 0 Å². The first kappa shape index (κ1) is 22.1. The molecule has 4 aromatic rings. The number of methoxy groups -OCH3 is 1. The molecule has 0 amide bonds. The van der Waals surface area contributed by atoms with Crippen molar-refractivity contribution in [2.24, 2.45) is 5.73 Å². The number of hydrogen-bond donors (Lipinski definition) is 2. The van der Waals surface area contributed by atoms with Crippen LogP contribution in [-0.4, -0.2) is 30.1 Å². The lowest BCUT2D eigenvalue weighted by molar-refractivity contribution is 0.0696. The van der Waals surface area contributed by atoms with Gasteiger partial charge in [-0.2, -0.15) is 5.26 Å². The van der Waals surface area contributed by atoms with Crippen LogP contribution in [0, 0.1) is 11.3 Å². The van der Waals surface area contributed by atoms with Crippen molar-refractivity contribution in [2.45, 2.75) is 5.92 Å². The first-order valence-corrected chi connectivity index (χ1v) is 11.1. The van der Waals surface area contributed by atoms with Gasteiger partial charge in [0.25, 0.3) is 0 Å². The van der Waals surface area contributed by atoms with E-state index in [1.54, 1.807) is 30.3 Å². The van der Waals surface area contributed by atoms with Crippen LogP contribution in [0.4, 0.5) is 0 Å². The van der Waals surface area contributed by atoms with E-state index in [1.165, 1.54) is 19.4 Å². The van der Waals surface area contributed by atoms with Crippen LogP contribution >= 0.6 is 0 Å². The number of nitrogens with zero attached hydrogens (tertiary/aromatic N) is 2. The highest BCUT2D eigenvalue weighted by Crippen LogP contribution is 2.48. The lowest BCUT2D eigenvalue weighted by Gasteiger charge is -2.24. The van der Waals surface area contributed by atoms with Gasteiger partial charge in [0.05, 0.1) is 30.5 Å². The van der Waals surface area contributed by atoms with Crippen LogP contribution in [0.2, 0.25) is 0 Å². The Morgan fingerprint density at radius 1 is 1.16 bits per heavy atom. The Kier molecular flexibility index (Phi) is 5.19. The van der Waals surface area contributed by atoms with Crippen LogP contribution in [0.5, 0.6) is 28.9 Å². The van der Waals surface area contributed by atoms with E-state index in [1.807, 2.05) is 12.1 Å². The molecule has 184 valence electrons. The zero-order chi connectivity index (χ0) is 25.5. The van der Waals surface area contributed by atoms with Crippen molar-refractivity contribution >= 4 is 5.97 Å². The van der Waals surface area contributed by atoms with Gasteiger partial charge in [0.15, 0.2) is 23.0 Å². The standard InChI is InChI=1S/C26H18N4O7/c1-32-19-9-13(4-7-17(19)36-26(31)18-3-2-8-33-18)21-15(11-27)24(28)37-25-22(21)23(29-30-25)14-5-6-16-20(10-14)35-12-34-16/h2-10,21H,12,28H2,1H3,(H,29,30). The number of rotatable bonds is 5. The van der Waals surface area contributed by atoms with E-state index in [-0.39, 0.29) is 41.4 Å². The molecule has 0 bridgehead atoms. The van der Waals surface area contributed by atoms with Gasteiger partial charge in [0.2, 0.25) is 24.3 Å². The van der Waals surface area contributed by atoms with Gasteiger partial charge in [-0.05, 0) is 48.0 Å². The maximum Gasteiger partial charge on any atom is 0.379 e. The van der Waals surface area contributed by atoms with Crippen molar-refractivity contribution in [3.05, 3.63) is 83.1 Å². The molecule has 2 aliphatic heterocycles.